The molecule has 1 aliphatic heterocycles. The monoisotopic (exact) mass is 339 g/mol. The van der Waals surface area contributed by atoms with Crippen LogP contribution in [0.3, 0.4) is 0 Å². The first-order valence-corrected chi connectivity index (χ1v) is 8.35. The second-order valence-corrected chi connectivity index (χ2v) is 6.99. The molecule has 22 heavy (non-hydrogen) atoms. The average molecular weight is 340 g/mol. The van der Waals surface area contributed by atoms with Crippen molar-refractivity contribution in [3.8, 4) is 0 Å². The lowest BCUT2D eigenvalue weighted by Gasteiger charge is -2.27. The minimum Gasteiger partial charge on any atom is -0.478 e. The van der Waals surface area contributed by atoms with Crippen LogP contribution in [0.2, 0.25) is 5.02 Å². The molecule has 1 unspecified atom stereocenters. The van der Waals surface area contributed by atoms with E-state index in [-0.39, 0.29) is 10.8 Å². The summed E-state index contributed by atoms with van der Waals surface area (Å²) in [5.74, 6) is -0.934. The van der Waals surface area contributed by atoms with Crippen LogP contribution in [0.5, 0.6) is 0 Å². The minimum atomic E-state index is -3.03. The number of carbonyl (C=O) groups is 1. The number of carboxylic acids is 1. The molecule has 1 aliphatic rings. The highest BCUT2D eigenvalue weighted by molar-refractivity contribution is 7.91. The molecule has 7 heteroatoms. The summed E-state index contributed by atoms with van der Waals surface area (Å²) < 4.78 is 24.6. The van der Waals surface area contributed by atoms with Crippen molar-refractivity contribution in [3.05, 3.63) is 70.7 Å². The van der Waals surface area contributed by atoms with E-state index in [9.17, 15) is 13.2 Å². The number of hydrogen-bond acceptors (Lipinski definition) is 3. The summed E-state index contributed by atoms with van der Waals surface area (Å²) in [7, 11) is -3.03. The van der Waals surface area contributed by atoms with Gasteiger partial charge in [-0.05, 0) is 29.8 Å². The summed E-state index contributed by atoms with van der Waals surface area (Å²) in [5.41, 5.74) is 1.13. The molecular formula is C15H14ClNO4S. The lowest BCUT2D eigenvalue weighted by atomic mass is 10.1. The lowest BCUT2D eigenvalue weighted by Crippen LogP contribution is -2.45. The Kier molecular flexibility index (Phi) is 5.18. The number of hydrogen-bond donors (Lipinski definition) is 2. The standard InChI is InChI=1S/C8H9NO2S.C7H5ClO2/c10-12(11)8(6-9-12)7-4-2-1-3-5-7;8-6-3-1-5(2-4-6)7(9)10/h1-5,8-9H,6H2;1-4H,(H,9,10). The van der Waals surface area contributed by atoms with Gasteiger partial charge < -0.3 is 5.11 Å². The molecule has 2 aromatic rings. The quantitative estimate of drug-likeness (QED) is 0.881. The second kappa shape index (κ2) is 6.91. The molecule has 1 fully saturated rings. The van der Waals surface area contributed by atoms with Gasteiger partial charge in [-0.2, -0.15) is 0 Å². The van der Waals surface area contributed by atoms with E-state index in [4.69, 9.17) is 16.7 Å². The summed E-state index contributed by atoms with van der Waals surface area (Å²) >= 11 is 5.52. The van der Waals surface area contributed by atoms with Crippen LogP contribution < -0.4 is 4.72 Å². The van der Waals surface area contributed by atoms with E-state index in [1.54, 1.807) is 12.1 Å². The molecular weight excluding hydrogens is 326 g/mol. The molecule has 0 aliphatic carbocycles. The van der Waals surface area contributed by atoms with Crippen molar-refractivity contribution < 1.29 is 18.3 Å². The topological polar surface area (TPSA) is 83.5 Å². The van der Waals surface area contributed by atoms with E-state index in [0.29, 0.717) is 11.6 Å². The van der Waals surface area contributed by atoms with Crippen LogP contribution in [-0.2, 0) is 10.0 Å². The fourth-order valence-corrected chi connectivity index (χ4v) is 3.11. The first-order valence-electron chi connectivity index (χ1n) is 6.42. The highest BCUT2D eigenvalue weighted by atomic mass is 35.5. The first kappa shape index (κ1) is 16.5. The van der Waals surface area contributed by atoms with Crippen LogP contribution in [0.25, 0.3) is 0 Å². The predicted octanol–water partition coefficient (Wildman–Crippen LogP) is 2.70. The van der Waals surface area contributed by atoms with Crippen molar-refractivity contribution in [2.75, 3.05) is 6.54 Å². The van der Waals surface area contributed by atoms with Gasteiger partial charge in [0.1, 0.15) is 5.25 Å². The Hall–Kier alpha value is -1.89. The Bertz CT molecular complexity index is 745. The van der Waals surface area contributed by atoms with Crippen molar-refractivity contribution in [1.82, 2.24) is 4.72 Å². The fraction of sp³-hybridized carbons (Fsp3) is 0.133. The molecule has 0 amide bonds. The van der Waals surface area contributed by atoms with E-state index in [2.05, 4.69) is 4.72 Å². The smallest absolute Gasteiger partial charge is 0.335 e. The van der Waals surface area contributed by atoms with Gasteiger partial charge in [-0.25, -0.2) is 17.9 Å². The SMILES string of the molecule is O=C(O)c1ccc(Cl)cc1.O=S1(=O)NCC1c1ccccc1. The first-order chi connectivity index (χ1) is 10.4. The van der Waals surface area contributed by atoms with E-state index >= 15 is 0 Å². The Morgan fingerprint density at radius 2 is 1.68 bits per heavy atom. The third-order valence-corrected chi connectivity index (χ3v) is 5.12. The van der Waals surface area contributed by atoms with Gasteiger partial charge in [-0.1, -0.05) is 41.9 Å². The van der Waals surface area contributed by atoms with Gasteiger partial charge in [0.15, 0.2) is 0 Å². The molecule has 0 saturated carbocycles. The van der Waals surface area contributed by atoms with E-state index in [1.807, 2.05) is 30.3 Å². The number of aromatic carboxylic acids is 1. The minimum absolute atomic E-state index is 0.254. The molecule has 1 heterocycles. The number of halogens is 1. The molecule has 2 aromatic carbocycles. The third-order valence-electron chi connectivity index (χ3n) is 3.11. The molecule has 0 aromatic heterocycles. The normalized spacial score (nSPS) is 18.5. The molecule has 5 nitrogen and oxygen atoms in total. The van der Waals surface area contributed by atoms with Crippen molar-refractivity contribution >= 4 is 27.6 Å². The van der Waals surface area contributed by atoms with Crippen LogP contribution in [0.4, 0.5) is 0 Å². The zero-order valence-corrected chi connectivity index (χ0v) is 13.0. The summed E-state index contributed by atoms with van der Waals surface area (Å²) in [6, 6.07) is 15.3. The number of benzene rings is 2. The Morgan fingerprint density at radius 3 is 2.09 bits per heavy atom. The van der Waals surface area contributed by atoms with Gasteiger partial charge in [0, 0.05) is 11.6 Å². The predicted molar refractivity (Wildman–Crippen MR) is 84.5 cm³/mol. The lowest BCUT2D eigenvalue weighted by molar-refractivity contribution is 0.0697. The van der Waals surface area contributed by atoms with Crippen LogP contribution >= 0.6 is 11.6 Å². The zero-order valence-electron chi connectivity index (χ0n) is 11.4. The molecule has 116 valence electrons. The van der Waals surface area contributed by atoms with Gasteiger partial charge in [-0.15, -0.1) is 0 Å². The fourth-order valence-electron chi connectivity index (χ4n) is 1.86. The van der Waals surface area contributed by atoms with Crippen molar-refractivity contribution in [2.24, 2.45) is 0 Å². The molecule has 0 radical (unpaired) electrons. The van der Waals surface area contributed by atoms with E-state index in [1.165, 1.54) is 12.1 Å². The zero-order chi connectivity index (χ0) is 16.2. The number of sulfonamides is 1. The Labute approximate surface area is 133 Å². The largest absolute Gasteiger partial charge is 0.478 e. The summed E-state index contributed by atoms with van der Waals surface area (Å²) in [5, 5.41) is 8.64. The number of nitrogens with one attached hydrogen (secondary N) is 1. The van der Waals surface area contributed by atoms with E-state index < -0.39 is 16.0 Å². The third kappa shape index (κ3) is 4.07. The van der Waals surface area contributed by atoms with Gasteiger partial charge in [0.25, 0.3) is 0 Å². The van der Waals surface area contributed by atoms with Crippen LogP contribution in [0.1, 0.15) is 21.2 Å². The molecule has 0 bridgehead atoms. The Balaban J connectivity index is 0.000000164. The summed E-state index contributed by atoms with van der Waals surface area (Å²) in [4.78, 5) is 10.3. The van der Waals surface area contributed by atoms with Crippen molar-refractivity contribution in [3.63, 3.8) is 0 Å². The molecule has 1 atom stereocenters. The molecule has 1 saturated heterocycles. The van der Waals surface area contributed by atoms with Crippen LogP contribution in [-0.4, -0.2) is 26.0 Å². The summed E-state index contributed by atoms with van der Waals surface area (Å²) in [6.07, 6.45) is 0. The van der Waals surface area contributed by atoms with Gasteiger partial charge in [0.05, 0.1) is 5.56 Å². The molecule has 3 rings (SSSR count). The van der Waals surface area contributed by atoms with Crippen molar-refractivity contribution in [1.29, 1.82) is 0 Å². The number of rotatable bonds is 2. The maximum absolute atomic E-state index is 11.1. The maximum Gasteiger partial charge on any atom is 0.335 e. The van der Waals surface area contributed by atoms with Gasteiger partial charge in [0.2, 0.25) is 10.0 Å². The summed E-state index contributed by atoms with van der Waals surface area (Å²) in [6.45, 7) is 0.534. The van der Waals surface area contributed by atoms with Crippen LogP contribution in [0, 0.1) is 0 Å². The second-order valence-electron chi connectivity index (χ2n) is 4.60. The highest BCUT2D eigenvalue weighted by Gasteiger charge is 2.35. The van der Waals surface area contributed by atoms with Gasteiger partial charge in [-0.3, -0.25) is 0 Å². The highest BCUT2D eigenvalue weighted by Crippen LogP contribution is 2.26. The van der Waals surface area contributed by atoms with Crippen LogP contribution in [0.15, 0.2) is 54.6 Å². The number of carboxylic acid groups (broad SMARTS) is 1. The average Bonchev–Trinajstić information content (AvgIpc) is 2.48. The van der Waals surface area contributed by atoms with E-state index in [0.717, 1.165) is 5.56 Å². The van der Waals surface area contributed by atoms with Gasteiger partial charge >= 0.3 is 5.97 Å². The van der Waals surface area contributed by atoms with Crippen molar-refractivity contribution in [2.45, 2.75) is 5.25 Å². The molecule has 0 spiro atoms. The Morgan fingerprint density at radius 1 is 1.09 bits per heavy atom. The maximum atomic E-state index is 11.1. The molecule has 2 N–H and O–H groups in total.